The highest BCUT2D eigenvalue weighted by molar-refractivity contribution is 7.89. The molecule has 0 radical (unpaired) electrons. The summed E-state index contributed by atoms with van der Waals surface area (Å²) in [4.78, 5) is 22.3. The lowest BCUT2D eigenvalue weighted by Gasteiger charge is -2.12. The molecule has 0 saturated heterocycles. The largest absolute Gasteiger partial charge is 0.386 e. The molecule has 0 aliphatic rings. The van der Waals surface area contributed by atoms with Gasteiger partial charge in [-0.05, 0) is 0 Å². The Labute approximate surface area is 112 Å². The van der Waals surface area contributed by atoms with E-state index >= 15 is 0 Å². The van der Waals surface area contributed by atoms with Gasteiger partial charge in [0, 0.05) is 26.8 Å². The van der Waals surface area contributed by atoms with Crippen LogP contribution in [0.15, 0.2) is 20.7 Å². The third kappa shape index (κ3) is 3.29. The van der Waals surface area contributed by atoms with E-state index < -0.39 is 45.2 Å². The molecule has 0 aliphatic carbocycles. The average Bonchev–Trinajstić information content (AvgIpc) is 2.37. The first-order valence-corrected chi connectivity index (χ1v) is 6.78. The predicted octanol–water partition coefficient (Wildman–Crippen LogP) is -2.01. The third-order valence-corrected chi connectivity index (χ3v) is 3.88. The average molecular weight is 313 g/mol. The van der Waals surface area contributed by atoms with Gasteiger partial charge in [0.2, 0.25) is 10.0 Å². The summed E-state index contributed by atoms with van der Waals surface area (Å²) in [6.45, 7) is -0.952. The Bertz CT molecular complexity index is 709. The Morgan fingerprint density at radius 1 is 1.35 bits per heavy atom. The summed E-state index contributed by atoms with van der Waals surface area (Å²) < 4.78 is 50.9. The number of hydrogen-bond donors (Lipinski definition) is 2. The molecule has 1 rings (SSSR count). The van der Waals surface area contributed by atoms with Crippen LogP contribution in [-0.4, -0.2) is 41.7 Å². The summed E-state index contributed by atoms with van der Waals surface area (Å²) in [5.41, 5.74) is -1.83. The van der Waals surface area contributed by atoms with Crippen molar-refractivity contribution in [2.24, 2.45) is 14.1 Å². The normalized spacial score (nSPS) is 13.7. The zero-order valence-corrected chi connectivity index (χ0v) is 11.4. The second kappa shape index (κ2) is 5.81. The van der Waals surface area contributed by atoms with E-state index in [1.165, 1.54) is 7.05 Å². The molecule has 0 fully saturated rings. The Kier molecular flexibility index (Phi) is 4.78. The van der Waals surface area contributed by atoms with Crippen LogP contribution < -0.4 is 16.0 Å². The Hall–Kier alpha value is -1.59. The zero-order valence-electron chi connectivity index (χ0n) is 10.6. The number of aliphatic hydroxyl groups is 1. The highest BCUT2D eigenvalue weighted by Crippen LogP contribution is 2.03. The summed E-state index contributed by atoms with van der Waals surface area (Å²) in [6, 6.07) is 0. The van der Waals surface area contributed by atoms with E-state index in [2.05, 4.69) is 0 Å². The van der Waals surface area contributed by atoms with Gasteiger partial charge in [0.1, 0.15) is 6.10 Å². The fourth-order valence-electron chi connectivity index (χ4n) is 1.32. The van der Waals surface area contributed by atoms with Gasteiger partial charge in [0.25, 0.3) is 12.0 Å². The minimum atomic E-state index is -4.42. The summed E-state index contributed by atoms with van der Waals surface area (Å²) in [6.07, 6.45) is -4.54. The fourth-order valence-corrected chi connectivity index (χ4v) is 2.53. The molecule has 0 aliphatic heterocycles. The van der Waals surface area contributed by atoms with Crippen molar-refractivity contribution < 1.29 is 22.3 Å². The monoisotopic (exact) mass is 313 g/mol. The van der Waals surface area contributed by atoms with Crippen LogP contribution in [0.3, 0.4) is 0 Å². The van der Waals surface area contributed by atoms with Gasteiger partial charge in [-0.2, -0.15) is 0 Å². The Morgan fingerprint density at radius 3 is 2.40 bits per heavy atom. The maximum absolute atomic E-state index is 12.1. The van der Waals surface area contributed by atoms with Crippen LogP contribution in [-0.2, 0) is 24.1 Å². The van der Waals surface area contributed by atoms with Gasteiger partial charge < -0.3 is 9.67 Å². The van der Waals surface area contributed by atoms with Crippen molar-refractivity contribution in [3.05, 3.63) is 27.0 Å². The smallest absolute Gasteiger partial charge is 0.330 e. The van der Waals surface area contributed by atoms with Crippen molar-refractivity contribution in [2.75, 3.05) is 6.54 Å². The number of rotatable bonds is 5. The van der Waals surface area contributed by atoms with Crippen LogP contribution in [0.1, 0.15) is 0 Å². The van der Waals surface area contributed by atoms with Gasteiger partial charge >= 0.3 is 5.69 Å². The predicted molar refractivity (Wildman–Crippen MR) is 64.1 cm³/mol. The highest BCUT2D eigenvalue weighted by Gasteiger charge is 2.24. The van der Waals surface area contributed by atoms with Gasteiger partial charge in [-0.1, -0.05) is 0 Å². The Balaban J connectivity index is 3.18. The molecule has 20 heavy (non-hydrogen) atoms. The number of halogens is 2. The first-order chi connectivity index (χ1) is 9.08. The topological polar surface area (TPSA) is 110 Å². The lowest BCUT2D eigenvalue weighted by atomic mass is 10.4. The van der Waals surface area contributed by atoms with Crippen molar-refractivity contribution in [1.29, 1.82) is 0 Å². The standard InChI is InChI=1S/C9H13F2N3O5S/c1-13-4-6(8(16)14(2)9(13)17)20(18,19)12-3-5(15)7(10)11/h4-5,7,12,15H,3H2,1-2H3. The van der Waals surface area contributed by atoms with Crippen LogP contribution in [0, 0.1) is 0 Å². The van der Waals surface area contributed by atoms with Gasteiger partial charge in [-0.15, -0.1) is 0 Å². The molecular weight excluding hydrogens is 300 g/mol. The van der Waals surface area contributed by atoms with Crippen LogP contribution in [0.25, 0.3) is 0 Å². The molecular formula is C9H13F2N3O5S. The summed E-state index contributed by atoms with van der Waals surface area (Å²) >= 11 is 0. The number of alkyl halides is 2. The first kappa shape index (κ1) is 16.5. The molecule has 1 aromatic rings. The van der Waals surface area contributed by atoms with E-state index in [4.69, 9.17) is 5.11 Å². The van der Waals surface area contributed by atoms with Crippen LogP contribution in [0.2, 0.25) is 0 Å². The van der Waals surface area contributed by atoms with E-state index in [1.807, 2.05) is 0 Å². The molecule has 114 valence electrons. The molecule has 0 saturated carbocycles. The van der Waals surface area contributed by atoms with Crippen LogP contribution in [0.4, 0.5) is 8.78 Å². The zero-order chi connectivity index (χ0) is 15.7. The highest BCUT2D eigenvalue weighted by atomic mass is 32.2. The molecule has 0 spiro atoms. The summed E-state index contributed by atoms with van der Waals surface area (Å²) in [7, 11) is -2.11. The van der Waals surface area contributed by atoms with E-state index in [-0.39, 0.29) is 0 Å². The second-order valence-corrected chi connectivity index (χ2v) is 5.74. The number of aromatic nitrogens is 2. The molecule has 1 aromatic heterocycles. The quantitative estimate of drug-likeness (QED) is 0.652. The molecule has 1 unspecified atom stereocenters. The van der Waals surface area contributed by atoms with Crippen molar-refractivity contribution >= 4 is 10.0 Å². The molecule has 8 nitrogen and oxygen atoms in total. The summed E-state index contributed by atoms with van der Waals surface area (Å²) in [5, 5.41) is 8.84. The van der Waals surface area contributed by atoms with Gasteiger partial charge in [0.05, 0.1) is 0 Å². The third-order valence-electron chi connectivity index (χ3n) is 2.48. The molecule has 2 N–H and O–H groups in total. The van der Waals surface area contributed by atoms with Crippen molar-refractivity contribution in [1.82, 2.24) is 13.9 Å². The number of aryl methyl sites for hydroxylation is 1. The van der Waals surface area contributed by atoms with E-state index in [9.17, 15) is 26.8 Å². The molecule has 1 atom stereocenters. The van der Waals surface area contributed by atoms with E-state index in [0.29, 0.717) is 4.57 Å². The number of sulfonamides is 1. The van der Waals surface area contributed by atoms with Gasteiger partial charge in [-0.25, -0.2) is 26.7 Å². The minimum absolute atomic E-state index is 0.568. The molecule has 0 aromatic carbocycles. The molecule has 0 bridgehead atoms. The summed E-state index contributed by atoms with van der Waals surface area (Å²) in [5.74, 6) is 0. The van der Waals surface area contributed by atoms with Gasteiger partial charge in [0.15, 0.2) is 4.90 Å². The van der Waals surface area contributed by atoms with Crippen molar-refractivity contribution in [3.8, 4) is 0 Å². The van der Waals surface area contributed by atoms with Crippen molar-refractivity contribution in [3.63, 3.8) is 0 Å². The van der Waals surface area contributed by atoms with Crippen LogP contribution in [0.5, 0.6) is 0 Å². The lowest BCUT2D eigenvalue weighted by molar-refractivity contribution is -0.000455. The molecule has 0 amide bonds. The van der Waals surface area contributed by atoms with Crippen molar-refractivity contribution in [2.45, 2.75) is 17.4 Å². The van der Waals surface area contributed by atoms with E-state index in [1.54, 1.807) is 4.72 Å². The van der Waals surface area contributed by atoms with Gasteiger partial charge in [-0.3, -0.25) is 9.36 Å². The molecule has 11 heteroatoms. The number of hydrogen-bond acceptors (Lipinski definition) is 5. The first-order valence-electron chi connectivity index (χ1n) is 5.30. The minimum Gasteiger partial charge on any atom is -0.386 e. The SMILES string of the molecule is Cn1cc(S(=O)(=O)NCC(O)C(F)F)c(=O)n(C)c1=O. The second-order valence-electron chi connectivity index (χ2n) is 4.00. The Morgan fingerprint density at radius 2 is 1.90 bits per heavy atom. The van der Waals surface area contributed by atoms with Crippen LogP contribution >= 0.6 is 0 Å². The maximum Gasteiger partial charge on any atom is 0.330 e. The molecule has 1 heterocycles. The lowest BCUT2D eigenvalue weighted by Crippen LogP contribution is -2.43. The fraction of sp³-hybridized carbons (Fsp3) is 0.556. The maximum atomic E-state index is 12.1. The van der Waals surface area contributed by atoms with E-state index in [0.717, 1.165) is 17.8 Å². The number of aliphatic hydroxyl groups excluding tert-OH is 1. The number of nitrogens with one attached hydrogen (secondary N) is 1. The number of nitrogens with zero attached hydrogens (tertiary/aromatic N) is 2.